The molecular formula is C28H26Cl2N2O5S. The van der Waals surface area contributed by atoms with Crippen molar-refractivity contribution in [2.45, 2.75) is 69.2 Å². The number of aromatic carboxylic acids is 1. The van der Waals surface area contributed by atoms with Crippen LogP contribution < -0.4 is 0 Å². The molecule has 2 aliphatic carbocycles. The van der Waals surface area contributed by atoms with Crippen LogP contribution in [0.3, 0.4) is 0 Å². The zero-order valence-electron chi connectivity index (χ0n) is 20.7. The van der Waals surface area contributed by atoms with Crippen molar-refractivity contribution in [1.82, 2.24) is 10.1 Å². The van der Waals surface area contributed by atoms with Gasteiger partial charge in [0.05, 0.1) is 38.0 Å². The Morgan fingerprint density at radius 1 is 1.16 bits per heavy atom. The smallest absolute Gasteiger partial charge is 0.335 e. The molecule has 0 aliphatic heterocycles. The van der Waals surface area contributed by atoms with E-state index in [4.69, 9.17) is 32.5 Å². The Balaban J connectivity index is 1.20. The summed E-state index contributed by atoms with van der Waals surface area (Å²) in [5.74, 6) is 0.173. The molecule has 10 heteroatoms. The second-order valence-electron chi connectivity index (χ2n) is 10.5. The van der Waals surface area contributed by atoms with E-state index in [9.17, 15) is 15.0 Å². The monoisotopic (exact) mass is 572 g/mol. The molecule has 0 radical (unpaired) electrons. The number of carboxylic acids is 1. The first-order chi connectivity index (χ1) is 18.2. The van der Waals surface area contributed by atoms with Gasteiger partial charge < -0.3 is 19.5 Å². The maximum absolute atomic E-state index is 11.5. The van der Waals surface area contributed by atoms with Crippen molar-refractivity contribution in [2.24, 2.45) is 0 Å². The van der Waals surface area contributed by atoms with E-state index < -0.39 is 17.2 Å². The van der Waals surface area contributed by atoms with E-state index >= 15 is 0 Å². The van der Waals surface area contributed by atoms with Crippen molar-refractivity contribution in [3.8, 4) is 11.3 Å². The quantitative estimate of drug-likeness (QED) is 0.235. The Labute approximate surface area is 233 Å². The lowest BCUT2D eigenvalue weighted by Gasteiger charge is -2.41. The van der Waals surface area contributed by atoms with Crippen LogP contribution in [0.5, 0.6) is 0 Å². The van der Waals surface area contributed by atoms with Gasteiger partial charge in [-0.15, -0.1) is 11.3 Å². The molecule has 0 atom stereocenters. The molecule has 4 aromatic rings. The minimum absolute atomic E-state index is 0.183. The van der Waals surface area contributed by atoms with Gasteiger partial charge in [0, 0.05) is 17.0 Å². The fourth-order valence-electron chi connectivity index (χ4n) is 5.10. The number of fused-ring (bicyclic) bond motifs is 1. The second-order valence-corrected chi connectivity index (χ2v) is 12.4. The van der Waals surface area contributed by atoms with Crippen molar-refractivity contribution in [2.75, 3.05) is 0 Å². The highest BCUT2D eigenvalue weighted by Gasteiger charge is 2.43. The molecule has 2 saturated carbocycles. The van der Waals surface area contributed by atoms with Gasteiger partial charge in [-0.1, -0.05) is 34.4 Å². The average Bonchev–Trinajstić information content (AvgIpc) is 3.50. The molecule has 0 spiro atoms. The van der Waals surface area contributed by atoms with E-state index in [1.807, 2.05) is 0 Å². The topological polar surface area (TPSA) is 106 Å². The standard InChI is InChI=1S/C28H26Cl2N2O5S/c1-27(9-11-28(35,12-10-27)26-31-20-13-16(25(33)34)7-8-21(20)38-26)36-14-17-23(32-37-24(17)15-5-6-15)22-18(29)3-2-4-19(22)30/h2-4,7-8,13,15,35H,5-6,9-12,14H2,1H3,(H,33,34). The Kier molecular flexibility index (Phi) is 6.52. The van der Waals surface area contributed by atoms with Crippen molar-refractivity contribution in [1.29, 1.82) is 0 Å². The summed E-state index contributed by atoms with van der Waals surface area (Å²) >= 11 is 14.4. The second kappa shape index (κ2) is 9.61. The molecule has 7 nitrogen and oxygen atoms in total. The van der Waals surface area contributed by atoms with E-state index in [2.05, 4.69) is 17.1 Å². The Morgan fingerprint density at radius 2 is 1.87 bits per heavy atom. The molecule has 0 unspecified atom stereocenters. The van der Waals surface area contributed by atoms with Gasteiger partial charge in [-0.25, -0.2) is 9.78 Å². The first-order valence-electron chi connectivity index (χ1n) is 12.6. The van der Waals surface area contributed by atoms with Crippen molar-refractivity contribution >= 4 is 50.7 Å². The van der Waals surface area contributed by atoms with E-state index in [1.54, 1.807) is 36.4 Å². The van der Waals surface area contributed by atoms with Crippen LogP contribution in [0.25, 0.3) is 21.5 Å². The molecule has 2 heterocycles. The van der Waals surface area contributed by atoms with Gasteiger partial charge in [0.25, 0.3) is 0 Å². The summed E-state index contributed by atoms with van der Waals surface area (Å²) in [6.45, 7) is 2.37. The number of ether oxygens (including phenoxy) is 1. The van der Waals surface area contributed by atoms with Crippen LogP contribution in [0.2, 0.25) is 10.0 Å². The highest BCUT2D eigenvalue weighted by Crippen LogP contribution is 2.48. The number of benzene rings is 2. The van der Waals surface area contributed by atoms with Gasteiger partial charge in [0.2, 0.25) is 0 Å². The predicted octanol–water partition coefficient (Wildman–Crippen LogP) is 7.57. The lowest BCUT2D eigenvalue weighted by Crippen LogP contribution is -2.41. The fraction of sp³-hybridized carbons (Fsp3) is 0.393. The van der Waals surface area contributed by atoms with Crippen LogP contribution >= 0.6 is 34.5 Å². The fourth-order valence-corrected chi connectivity index (χ4v) is 6.77. The molecule has 2 N–H and O–H groups in total. The summed E-state index contributed by atoms with van der Waals surface area (Å²) in [7, 11) is 0. The van der Waals surface area contributed by atoms with Crippen LogP contribution in [0.15, 0.2) is 40.9 Å². The zero-order chi connectivity index (χ0) is 26.7. The number of aliphatic hydroxyl groups is 1. The number of halogens is 2. The normalized spacial score (nSPS) is 23.7. The number of thiazole rings is 1. The largest absolute Gasteiger partial charge is 0.478 e. The number of hydrogen-bond acceptors (Lipinski definition) is 7. The first-order valence-corrected chi connectivity index (χ1v) is 14.2. The lowest BCUT2D eigenvalue weighted by molar-refractivity contribution is -0.117. The molecular weight excluding hydrogens is 547 g/mol. The molecule has 38 heavy (non-hydrogen) atoms. The van der Waals surface area contributed by atoms with Gasteiger partial charge >= 0.3 is 5.97 Å². The SMILES string of the molecule is CC1(OCc2c(-c3c(Cl)cccc3Cl)noc2C2CC2)CCC(O)(c2nc3cc(C(=O)O)ccc3s2)CC1. The summed E-state index contributed by atoms with van der Waals surface area (Å²) in [5.41, 5.74) is 1.38. The van der Waals surface area contributed by atoms with E-state index in [-0.39, 0.29) is 5.56 Å². The molecule has 6 rings (SSSR count). The maximum atomic E-state index is 11.5. The van der Waals surface area contributed by atoms with Crippen molar-refractivity contribution in [3.63, 3.8) is 0 Å². The number of carboxylic acid groups (broad SMARTS) is 1. The molecule has 2 fully saturated rings. The molecule has 2 aromatic heterocycles. The number of hydrogen-bond donors (Lipinski definition) is 2. The molecule has 2 aliphatic rings. The Morgan fingerprint density at radius 3 is 2.53 bits per heavy atom. The van der Waals surface area contributed by atoms with Gasteiger partial charge in [0.1, 0.15) is 22.1 Å². The zero-order valence-corrected chi connectivity index (χ0v) is 23.0. The third-order valence-corrected chi connectivity index (χ3v) is 9.56. The van der Waals surface area contributed by atoms with Gasteiger partial charge in [-0.2, -0.15) is 0 Å². The Hall–Kier alpha value is -2.49. The number of rotatable bonds is 7. The summed E-state index contributed by atoms with van der Waals surface area (Å²) in [6, 6.07) is 10.2. The first kappa shape index (κ1) is 25.8. The van der Waals surface area contributed by atoms with Crippen LogP contribution in [-0.2, 0) is 16.9 Å². The van der Waals surface area contributed by atoms with Gasteiger partial charge in [-0.05, 0) is 75.8 Å². The minimum Gasteiger partial charge on any atom is -0.478 e. The minimum atomic E-state index is -1.08. The molecule has 2 aromatic carbocycles. The number of carbonyl (C=O) groups is 1. The van der Waals surface area contributed by atoms with Gasteiger partial charge in [-0.3, -0.25) is 0 Å². The number of nitrogens with zero attached hydrogens (tertiary/aromatic N) is 2. The van der Waals surface area contributed by atoms with Crippen LogP contribution in [0.1, 0.15) is 78.1 Å². The molecule has 198 valence electrons. The summed E-state index contributed by atoms with van der Waals surface area (Å²) < 4.78 is 13.2. The lowest BCUT2D eigenvalue weighted by atomic mass is 9.77. The van der Waals surface area contributed by atoms with Crippen molar-refractivity contribution < 1.29 is 24.3 Å². The third kappa shape index (κ3) is 4.73. The highest BCUT2D eigenvalue weighted by molar-refractivity contribution is 7.18. The highest BCUT2D eigenvalue weighted by atomic mass is 35.5. The summed E-state index contributed by atoms with van der Waals surface area (Å²) in [4.78, 5) is 15.9. The van der Waals surface area contributed by atoms with Crippen LogP contribution in [-0.4, -0.2) is 31.9 Å². The average molecular weight is 573 g/mol. The summed E-state index contributed by atoms with van der Waals surface area (Å²) in [5, 5.41) is 26.8. The van der Waals surface area contributed by atoms with Crippen LogP contribution in [0, 0.1) is 0 Å². The Bertz CT molecular complexity index is 1520. The van der Waals surface area contributed by atoms with E-state index in [1.165, 1.54) is 11.3 Å². The molecule has 0 amide bonds. The van der Waals surface area contributed by atoms with Gasteiger partial charge in [0.15, 0.2) is 0 Å². The van der Waals surface area contributed by atoms with E-state index in [0.717, 1.165) is 28.9 Å². The van der Waals surface area contributed by atoms with E-state index in [0.29, 0.717) is 70.0 Å². The summed E-state index contributed by atoms with van der Waals surface area (Å²) in [6.07, 6.45) is 4.34. The van der Waals surface area contributed by atoms with Crippen molar-refractivity contribution in [3.05, 3.63) is 68.3 Å². The predicted molar refractivity (Wildman–Crippen MR) is 146 cm³/mol. The molecule has 0 bridgehead atoms. The third-order valence-electron chi connectivity index (χ3n) is 7.70. The maximum Gasteiger partial charge on any atom is 0.335 e. The number of aromatic nitrogens is 2. The molecule has 0 saturated heterocycles. The van der Waals surface area contributed by atoms with Crippen LogP contribution in [0.4, 0.5) is 0 Å².